The minimum Gasteiger partial charge on any atom is -0.394 e. The first-order valence-electron chi connectivity index (χ1n) is 9.62. The van der Waals surface area contributed by atoms with Crippen LogP contribution in [0.5, 0.6) is 0 Å². The molecule has 29 heavy (non-hydrogen) atoms. The summed E-state index contributed by atoms with van der Waals surface area (Å²) in [6.45, 7) is 10.0. The van der Waals surface area contributed by atoms with Crippen LogP contribution in [-0.4, -0.2) is 47.5 Å². The van der Waals surface area contributed by atoms with Gasteiger partial charge in [0.05, 0.1) is 18.2 Å². The molecule has 0 aromatic carbocycles. The first kappa shape index (κ1) is 23.1. The summed E-state index contributed by atoms with van der Waals surface area (Å²) >= 11 is 1.57. The van der Waals surface area contributed by atoms with Gasteiger partial charge in [-0.3, -0.25) is 5.01 Å². The second-order valence-corrected chi connectivity index (χ2v) is 8.48. The van der Waals surface area contributed by atoms with Gasteiger partial charge in [-0.1, -0.05) is 13.8 Å². The summed E-state index contributed by atoms with van der Waals surface area (Å²) in [6.07, 6.45) is -1.06. The van der Waals surface area contributed by atoms with Crippen LogP contribution in [0.2, 0.25) is 0 Å². The largest absolute Gasteiger partial charge is 0.394 e. The molecule has 160 valence electrons. The van der Waals surface area contributed by atoms with Gasteiger partial charge in [0.1, 0.15) is 11.6 Å². The Morgan fingerprint density at radius 3 is 2.48 bits per heavy atom. The third kappa shape index (κ3) is 5.66. The first-order chi connectivity index (χ1) is 13.7. The Kier molecular flexibility index (Phi) is 7.97. The smallest absolute Gasteiger partial charge is 0.199 e. The third-order valence-electron chi connectivity index (χ3n) is 4.59. The first-order valence-corrected chi connectivity index (χ1v) is 10.4. The van der Waals surface area contributed by atoms with Gasteiger partial charge in [0.2, 0.25) is 0 Å². The lowest BCUT2D eigenvalue weighted by molar-refractivity contribution is 0.157. The van der Waals surface area contributed by atoms with E-state index in [1.165, 1.54) is 4.88 Å². The minimum atomic E-state index is -1.06. The van der Waals surface area contributed by atoms with Crippen molar-refractivity contribution in [1.82, 2.24) is 10.4 Å². The van der Waals surface area contributed by atoms with Crippen molar-refractivity contribution in [2.45, 2.75) is 46.9 Å². The quantitative estimate of drug-likeness (QED) is 0.199. The van der Waals surface area contributed by atoms with E-state index in [0.717, 1.165) is 21.7 Å². The van der Waals surface area contributed by atoms with Crippen molar-refractivity contribution in [2.24, 2.45) is 0 Å². The number of hydrogen-bond donors (Lipinski definition) is 6. The highest BCUT2D eigenvalue weighted by molar-refractivity contribution is 7.16. The predicted octanol–water partition coefficient (Wildman–Crippen LogP) is 3.00. The number of aliphatic hydroxyl groups excluding tert-OH is 2. The molecular weight excluding hydrogens is 388 g/mol. The van der Waals surface area contributed by atoms with Crippen molar-refractivity contribution >= 4 is 33.7 Å². The Morgan fingerprint density at radius 1 is 1.31 bits per heavy atom. The number of pyridine rings is 1. The fourth-order valence-corrected chi connectivity index (χ4v) is 3.98. The molecule has 2 aromatic heterocycles. The maximum Gasteiger partial charge on any atom is 0.199 e. The highest BCUT2D eigenvalue weighted by Crippen LogP contribution is 2.30. The molecule has 0 aliphatic rings. The number of rotatable bonds is 10. The van der Waals surface area contributed by atoms with E-state index in [4.69, 9.17) is 5.41 Å². The summed E-state index contributed by atoms with van der Waals surface area (Å²) in [5, 5.41) is 36.7. The highest BCUT2D eigenvalue weighted by atomic mass is 32.1. The lowest BCUT2D eigenvalue weighted by Crippen LogP contribution is -2.50. The topological polar surface area (TPSA) is 117 Å². The van der Waals surface area contributed by atoms with Crippen molar-refractivity contribution in [1.29, 1.82) is 5.41 Å². The van der Waals surface area contributed by atoms with Crippen molar-refractivity contribution in [3.63, 3.8) is 0 Å². The van der Waals surface area contributed by atoms with Crippen LogP contribution in [0.3, 0.4) is 0 Å². The Labute approximate surface area is 176 Å². The second kappa shape index (κ2) is 10.0. The van der Waals surface area contributed by atoms with E-state index < -0.39 is 6.35 Å². The van der Waals surface area contributed by atoms with Crippen LogP contribution in [0.25, 0.3) is 0 Å². The standard InChI is InChI=1S/C20H32N6O2S/c1-11(2)15-10-16(23-19(22-6)18(15)13(4)21)26(7-8-27)25-20(28)24-17-9-12(3)14(5)29-17/h9-11,20-21,24-25,27-28H,7-8H2,1-6H3,(H,22,23). The summed E-state index contributed by atoms with van der Waals surface area (Å²) in [5.74, 6) is 1.32. The molecule has 0 fully saturated rings. The molecule has 0 saturated heterocycles. The zero-order valence-corrected chi connectivity index (χ0v) is 18.7. The van der Waals surface area contributed by atoms with Gasteiger partial charge in [-0.05, 0) is 49.9 Å². The van der Waals surface area contributed by atoms with Gasteiger partial charge >= 0.3 is 0 Å². The molecule has 0 spiro atoms. The van der Waals surface area contributed by atoms with Gasteiger partial charge in [-0.2, -0.15) is 5.43 Å². The molecule has 0 aliphatic carbocycles. The zero-order chi connectivity index (χ0) is 21.7. The summed E-state index contributed by atoms with van der Waals surface area (Å²) < 4.78 is 0. The van der Waals surface area contributed by atoms with E-state index >= 15 is 0 Å². The Morgan fingerprint density at radius 2 is 2.00 bits per heavy atom. The van der Waals surface area contributed by atoms with Crippen molar-refractivity contribution in [3.8, 4) is 0 Å². The van der Waals surface area contributed by atoms with E-state index in [1.807, 2.05) is 26.0 Å². The summed E-state index contributed by atoms with van der Waals surface area (Å²) in [4.78, 5) is 5.80. The third-order valence-corrected chi connectivity index (χ3v) is 5.68. The fraction of sp³-hybridized carbons (Fsp3) is 0.500. The van der Waals surface area contributed by atoms with Crippen LogP contribution < -0.4 is 21.1 Å². The van der Waals surface area contributed by atoms with E-state index in [2.05, 4.69) is 34.9 Å². The number of aromatic nitrogens is 1. The van der Waals surface area contributed by atoms with Gasteiger partial charge in [-0.15, -0.1) is 11.3 Å². The molecule has 0 bridgehead atoms. The van der Waals surface area contributed by atoms with Crippen LogP contribution in [-0.2, 0) is 0 Å². The fourth-order valence-electron chi connectivity index (χ4n) is 3.02. The monoisotopic (exact) mass is 420 g/mol. The van der Waals surface area contributed by atoms with E-state index in [-0.39, 0.29) is 19.1 Å². The number of anilines is 3. The van der Waals surface area contributed by atoms with E-state index in [0.29, 0.717) is 17.3 Å². The second-order valence-electron chi connectivity index (χ2n) is 7.22. The Bertz CT molecular complexity index is 832. The molecule has 1 atom stereocenters. The highest BCUT2D eigenvalue weighted by Gasteiger charge is 2.20. The number of aryl methyl sites for hydroxylation is 2. The normalized spacial score (nSPS) is 12.2. The van der Waals surface area contributed by atoms with Crippen molar-refractivity contribution in [2.75, 3.05) is 35.8 Å². The number of nitrogens with zero attached hydrogens (tertiary/aromatic N) is 2. The average molecular weight is 421 g/mol. The SMILES string of the molecule is CNc1nc(N(CCO)NC(O)Nc2cc(C)c(C)s2)cc(C(C)C)c1C(C)=N. The van der Waals surface area contributed by atoms with Crippen LogP contribution in [0.1, 0.15) is 48.3 Å². The summed E-state index contributed by atoms with van der Waals surface area (Å²) in [5.41, 5.74) is 6.31. The van der Waals surface area contributed by atoms with Crippen LogP contribution >= 0.6 is 11.3 Å². The lowest BCUT2D eigenvalue weighted by atomic mass is 9.95. The molecule has 0 aliphatic heterocycles. The molecule has 0 amide bonds. The summed E-state index contributed by atoms with van der Waals surface area (Å²) in [6, 6.07) is 3.88. The van der Waals surface area contributed by atoms with Crippen molar-refractivity contribution in [3.05, 3.63) is 33.7 Å². The maximum atomic E-state index is 10.5. The molecule has 2 aromatic rings. The number of thiophene rings is 1. The van der Waals surface area contributed by atoms with Crippen LogP contribution in [0, 0.1) is 19.3 Å². The van der Waals surface area contributed by atoms with Gasteiger partial charge in [-0.25, -0.2) is 4.98 Å². The zero-order valence-electron chi connectivity index (χ0n) is 17.9. The molecular formula is C20H32N6O2S. The molecule has 9 heteroatoms. The molecule has 2 rings (SSSR count). The van der Waals surface area contributed by atoms with Gasteiger partial charge < -0.3 is 26.3 Å². The number of hydrazine groups is 1. The lowest BCUT2D eigenvalue weighted by Gasteiger charge is -2.29. The van der Waals surface area contributed by atoms with Gasteiger partial charge in [0.25, 0.3) is 0 Å². The summed E-state index contributed by atoms with van der Waals surface area (Å²) in [7, 11) is 1.77. The molecule has 1 unspecified atom stereocenters. The minimum absolute atomic E-state index is 0.115. The number of nitrogens with one attached hydrogen (secondary N) is 4. The van der Waals surface area contributed by atoms with Crippen LogP contribution in [0.15, 0.2) is 12.1 Å². The predicted molar refractivity (Wildman–Crippen MR) is 121 cm³/mol. The molecule has 0 saturated carbocycles. The average Bonchev–Trinajstić information content (AvgIpc) is 2.96. The molecule has 8 nitrogen and oxygen atoms in total. The van der Waals surface area contributed by atoms with E-state index in [9.17, 15) is 10.2 Å². The van der Waals surface area contributed by atoms with Crippen molar-refractivity contribution < 1.29 is 10.2 Å². The molecule has 6 N–H and O–H groups in total. The Hall–Kier alpha value is -2.20. The van der Waals surface area contributed by atoms with Crippen LogP contribution in [0.4, 0.5) is 16.6 Å². The van der Waals surface area contributed by atoms with Gasteiger partial charge in [0.15, 0.2) is 6.35 Å². The maximum absolute atomic E-state index is 10.5. The van der Waals surface area contributed by atoms with Gasteiger partial charge in [0, 0.05) is 23.2 Å². The molecule has 2 heterocycles. The number of hydrogen-bond acceptors (Lipinski definition) is 9. The van der Waals surface area contributed by atoms with E-state index in [1.54, 1.807) is 30.3 Å². The molecule has 0 radical (unpaired) electrons. The Balaban J connectivity index is 2.33. The number of aliphatic hydroxyl groups is 2.